The maximum absolute atomic E-state index is 12.2. The van der Waals surface area contributed by atoms with Crippen molar-refractivity contribution in [2.75, 3.05) is 0 Å². The lowest BCUT2D eigenvalue weighted by molar-refractivity contribution is 0.509. The third-order valence-corrected chi connectivity index (χ3v) is 7.86. The molecule has 4 aromatic heterocycles. The highest BCUT2D eigenvalue weighted by molar-refractivity contribution is 7.98. The molecule has 5 rings (SSSR count). The van der Waals surface area contributed by atoms with Crippen LogP contribution in [0.3, 0.4) is 0 Å². The standard InChI is InChI=1S/C19H18N4OS3/c1-10-3-4-13-14(7-10)27-18-16(13)17(20-11(2)21-18)26-9-12-8-15(24)23-5-6-25-19(23)22-12/h5-6,8,10H,3-4,7,9H2,1-2H3. The highest BCUT2D eigenvalue weighted by atomic mass is 32.2. The van der Waals surface area contributed by atoms with Gasteiger partial charge in [0.25, 0.3) is 5.56 Å². The number of thioether (sulfide) groups is 1. The largest absolute Gasteiger partial charge is 0.269 e. The summed E-state index contributed by atoms with van der Waals surface area (Å²) in [5.74, 6) is 2.18. The lowest BCUT2D eigenvalue weighted by Crippen LogP contribution is -2.12. The van der Waals surface area contributed by atoms with Crippen LogP contribution in [0.15, 0.2) is 27.5 Å². The first kappa shape index (κ1) is 17.3. The van der Waals surface area contributed by atoms with Crippen molar-refractivity contribution in [3.05, 3.63) is 50.0 Å². The Morgan fingerprint density at radius 3 is 3.11 bits per heavy atom. The van der Waals surface area contributed by atoms with Crippen LogP contribution in [0, 0.1) is 12.8 Å². The molecule has 0 aliphatic heterocycles. The van der Waals surface area contributed by atoms with Crippen LogP contribution in [-0.2, 0) is 18.6 Å². The molecule has 0 amide bonds. The van der Waals surface area contributed by atoms with E-state index in [0.717, 1.165) is 45.1 Å². The number of fused-ring (bicyclic) bond motifs is 4. The Morgan fingerprint density at radius 2 is 2.22 bits per heavy atom. The van der Waals surface area contributed by atoms with E-state index in [0.29, 0.717) is 5.75 Å². The molecule has 27 heavy (non-hydrogen) atoms. The number of aromatic nitrogens is 4. The minimum atomic E-state index is -0.0252. The minimum Gasteiger partial charge on any atom is -0.269 e. The van der Waals surface area contributed by atoms with Gasteiger partial charge >= 0.3 is 0 Å². The molecule has 1 aliphatic carbocycles. The second-order valence-electron chi connectivity index (χ2n) is 7.04. The van der Waals surface area contributed by atoms with Crippen LogP contribution in [0.5, 0.6) is 0 Å². The van der Waals surface area contributed by atoms with E-state index in [2.05, 4.69) is 11.9 Å². The van der Waals surface area contributed by atoms with Crippen molar-refractivity contribution in [2.45, 2.75) is 43.9 Å². The third-order valence-electron chi connectivity index (χ3n) is 4.95. The SMILES string of the molecule is Cc1nc(SCc2cc(=O)n3ccsc3n2)c2c3c(sc2n1)CC(C)CC3. The van der Waals surface area contributed by atoms with Gasteiger partial charge in [-0.2, -0.15) is 0 Å². The molecule has 0 aromatic carbocycles. The Morgan fingerprint density at radius 1 is 1.33 bits per heavy atom. The van der Waals surface area contributed by atoms with Crippen LogP contribution in [0.1, 0.15) is 35.3 Å². The molecule has 138 valence electrons. The number of rotatable bonds is 3. The molecular weight excluding hydrogens is 396 g/mol. The van der Waals surface area contributed by atoms with Crippen LogP contribution in [0.25, 0.3) is 15.2 Å². The van der Waals surface area contributed by atoms with E-state index in [-0.39, 0.29) is 5.56 Å². The lowest BCUT2D eigenvalue weighted by atomic mass is 9.89. The number of hydrogen-bond acceptors (Lipinski definition) is 7. The average molecular weight is 415 g/mol. The molecule has 0 fully saturated rings. The van der Waals surface area contributed by atoms with Crippen LogP contribution in [0.2, 0.25) is 0 Å². The summed E-state index contributed by atoms with van der Waals surface area (Å²) in [5, 5.41) is 4.14. The Hall–Kier alpha value is -1.77. The van der Waals surface area contributed by atoms with Crippen molar-refractivity contribution in [1.29, 1.82) is 0 Å². The Kier molecular flexibility index (Phi) is 4.29. The fourth-order valence-corrected chi connectivity index (χ4v) is 6.84. The summed E-state index contributed by atoms with van der Waals surface area (Å²) in [4.78, 5) is 29.6. The molecule has 0 spiro atoms. The highest BCUT2D eigenvalue weighted by Crippen LogP contribution is 2.41. The van der Waals surface area contributed by atoms with Crippen molar-refractivity contribution >= 4 is 49.6 Å². The summed E-state index contributed by atoms with van der Waals surface area (Å²) >= 11 is 4.97. The highest BCUT2D eigenvalue weighted by Gasteiger charge is 2.23. The second-order valence-corrected chi connectivity index (χ2v) is 9.96. The van der Waals surface area contributed by atoms with Crippen molar-refractivity contribution in [3.63, 3.8) is 0 Å². The molecule has 0 N–H and O–H groups in total. The van der Waals surface area contributed by atoms with Gasteiger partial charge in [0.15, 0.2) is 4.96 Å². The molecule has 8 heteroatoms. The summed E-state index contributed by atoms with van der Waals surface area (Å²) in [5.41, 5.74) is 2.22. The predicted molar refractivity (Wildman–Crippen MR) is 112 cm³/mol. The number of thiophene rings is 1. The van der Waals surface area contributed by atoms with E-state index < -0.39 is 0 Å². The number of hydrogen-bond donors (Lipinski definition) is 0. The van der Waals surface area contributed by atoms with Crippen molar-refractivity contribution in [3.8, 4) is 0 Å². The van der Waals surface area contributed by atoms with Crippen LogP contribution < -0.4 is 5.56 Å². The summed E-state index contributed by atoms with van der Waals surface area (Å²) in [7, 11) is 0. The predicted octanol–water partition coefficient (Wildman–Crippen LogP) is 4.49. The summed E-state index contributed by atoms with van der Waals surface area (Å²) < 4.78 is 1.59. The van der Waals surface area contributed by atoms with Gasteiger partial charge in [-0.05, 0) is 37.7 Å². The smallest absolute Gasteiger partial charge is 0.258 e. The molecule has 4 aromatic rings. The van der Waals surface area contributed by atoms with E-state index in [1.54, 1.807) is 28.4 Å². The zero-order valence-electron chi connectivity index (χ0n) is 15.1. The maximum Gasteiger partial charge on any atom is 0.258 e. The van der Waals surface area contributed by atoms with Gasteiger partial charge in [0.1, 0.15) is 15.7 Å². The quantitative estimate of drug-likeness (QED) is 0.365. The molecule has 0 radical (unpaired) electrons. The first-order valence-electron chi connectivity index (χ1n) is 8.96. The maximum atomic E-state index is 12.2. The fraction of sp³-hybridized carbons (Fsp3) is 0.368. The van der Waals surface area contributed by atoms with E-state index >= 15 is 0 Å². The molecule has 4 heterocycles. The molecule has 0 saturated carbocycles. The van der Waals surface area contributed by atoms with Crippen molar-refractivity contribution < 1.29 is 0 Å². The molecule has 0 saturated heterocycles. The normalized spacial score (nSPS) is 16.9. The fourth-order valence-electron chi connectivity index (χ4n) is 3.62. The van der Waals surface area contributed by atoms with Crippen LogP contribution in [0.4, 0.5) is 0 Å². The molecule has 5 nitrogen and oxygen atoms in total. The number of aryl methyl sites for hydroxylation is 2. The molecular formula is C19H18N4OS3. The van der Waals surface area contributed by atoms with E-state index in [9.17, 15) is 4.79 Å². The number of nitrogens with zero attached hydrogens (tertiary/aromatic N) is 4. The lowest BCUT2D eigenvalue weighted by Gasteiger charge is -2.18. The molecule has 1 unspecified atom stereocenters. The summed E-state index contributed by atoms with van der Waals surface area (Å²) in [6, 6.07) is 1.63. The van der Waals surface area contributed by atoms with Gasteiger partial charge in [0, 0.05) is 33.7 Å². The molecule has 1 atom stereocenters. The van der Waals surface area contributed by atoms with Crippen molar-refractivity contribution in [2.24, 2.45) is 5.92 Å². The summed E-state index contributed by atoms with van der Waals surface area (Å²) in [6.45, 7) is 4.28. The van der Waals surface area contributed by atoms with Crippen LogP contribution >= 0.6 is 34.4 Å². The van der Waals surface area contributed by atoms with Crippen molar-refractivity contribution in [1.82, 2.24) is 19.4 Å². The summed E-state index contributed by atoms with van der Waals surface area (Å²) in [6.07, 6.45) is 5.25. The minimum absolute atomic E-state index is 0.0252. The zero-order chi connectivity index (χ0) is 18.5. The first-order chi connectivity index (χ1) is 13.1. The van der Waals surface area contributed by atoms with Gasteiger partial charge in [-0.3, -0.25) is 9.20 Å². The van der Waals surface area contributed by atoms with Gasteiger partial charge < -0.3 is 0 Å². The van der Waals surface area contributed by atoms with Gasteiger partial charge in [-0.15, -0.1) is 22.7 Å². The Balaban J connectivity index is 1.53. The zero-order valence-corrected chi connectivity index (χ0v) is 17.5. The molecule has 0 bridgehead atoms. The molecule has 1 aliphatic rings. The number of thiazole rings is 1. The van der Waals surface area contributed by atoms with Gasteiger partial charge in [-0.1, -0.05) is 18.7 Å². The van der Waals surface area contributed by atoms with E-state index in [1.807, 2.05) is 23.6 Å². The topological polar surface area (TPSA) is 60.2 Å². The monoisotopic (exact) mass is 414 g/mol. The van der Waals surface area contributed by atoms with Crippen LogP contribution in [-0.4, -0.2) is 19.4 Å². The average Bonchev–Trinajstić information content (AvgIpc) is 3.23. The van der Waals surface area contributed by atoms with Gasteiger partial charge in [0.2, 0.25) is 0 Å². The second kappa shape index (κ2) is 6.68. The Labute approximate surface area is 168 Å². The third kappa shape index (κ3) is 3.09. The van der Waals surface area contributed by atoms with Gasteiger partial charge in [0.05, 0.1) is 5.69 Å². The first-order valence-corrected chi connectivity index (χ1v) is 11.6. The Bertz CT molecular complexity index is 1220. The van der Waals surface area contributed by atoms with E-state index in [1.165, 1.54) is 33.6 Å². The van der Waals surface area contributed by atoms with Gasteiger partial charge in [-0.25, -0.2) is 15.0 Å². The van der Waals surface area contributed by atoms with E-state index in [4.69, 9.17) is 9.97 Å².